The fourth-order valence-corrected chi connectivity index (χ4v) is 4.46. The minimum Gasteiger partial charge on any atom is -0.343 e. The number of anilines is 1. The molecule has 0 atom stereocenters. The first-order valence-electron chi connectivity index (χ1n) is 9.60. The smallest absolute Gasteiger partial charge is 0.343 e. The normalized spacial score (nSPS) is 19.9. The van der Waals surface area contributed by atoms with E-state index in [1.165, 1.54) is 18.2 Å². The van der Waals surface area contributed by atoms with Gasteiger partial charge in [0.2, 0.25) is 15.9 Å². The Balaban J connectivity index is 1.97. The van der Waals surface area contributed by atoms with Crippen LogP contribution in [0, 0.1) is 12.8 Å². The van der Waals surface area contributed by atoms with Gasteiger partial charge in [-0.1, -0.05) is 13.0 Å². The van der Waals surface area contributed by atoms with Crippen LogP contribution in [-0.4, -0.2) is 44.7 Å². The Morgan fingerprint density at radius 2 is 1.77 bits per heavy atom. The maximum absolute atomic E-state index is 12.3. The molecule has 11 heteroatoms. The van der Waals surface area contributed by atoms with Crippen molar-refractivity contribution in [3.63, 3.8) is 0 Å². The molecule has 1 aromatic rings. The Kier molecular flexibility index (Phi) is 7.87. The zero-order valence-corrected chi connectivity index (χ0v) is 17.6. The third kappa shape index (κ3) is 7.94. The number of carbonyl (C=O) groups excluding carboxylic acids is 2. The van der Waals surface area contributed by atoms with Crippen molar-refractivity contribution >= 4 is 27.5 Å². The Hall–Kier alpha value is -2.14. The maximum Gasteiger partial charge on any atom is 0.405 e. The molecule has 0 bridgehead atoms. The van der Waals surface area contributed by atoms with E-state index < -0.39 is 40.3 Å². The van der Waals surface area contributed by atoms with Gasteiger partial charge in [-0.05, 0) is 56.2 Å². The van der Waals surface area contributed by atoms with Crippen molar-refractivity contribution in [2.24, 2.45) is 5.92 Å². The van der Waals surface area contributed by atoms with E-state index in [1.807, 2.05) is 0 Å². The molecule has 30 heavy (non-hydrogen) atoms. The number of hydrogen-bond acceptors (Lipinski definition) is 4. The quantitative estimate of drug-likeness (QED) is 0.595. The summed E-state index contributed by atoms with van der Waals surface area (Å²) in [4.78, 5) is 24.1. The van der Waals surface area contributed by atoms with Crippen LogP contribution in [-0.2, 0) is 14.8 Å². The minimum atomic E-state index is -4.55. The van der Waals surface area contributed by atoms with Crippen LogP contribution in [0.4, 0.5) is 18.9 Å². The molecule has 0 unspecified atom stereocenters. The van der Waals surface area contributed by atoms with Crippen LogP contribution < -0.4 is 15.4 Å². The molecular formula is C19H26F3N3O4S. The zero-order valence-electron chi connectivity index (χ0n) is 16.8. The highest BCUT2D eigenvalue weighted by atomic mass is 32.2. The molecule has 3 N–H and O–H groups in total. The third-order valence-electron chi connectivity index (χ3n) is 4.91. The van der Waals surface area contributed by atoms with Crippen molar-refractivity contribution in [2.75, 3.05) is 17.6 Å². The summed E-state index contributed by atoms with van der Waals surface area (Å²) in [6.07, 6.45) is -1.27. The lowest BCUT2D eigenvalue weighted by Crippen LogP contribution is -2.41. The summed E-state index contributed by atoms with van der Waals surface area (Å²) >= 11 is 0. The molecule has 0 heterocycles. The molecule has 0 aliphatic heterocycles. The highest BCUT2D eigenvalue weighted by Crippen LogP contribution is 2.24. The van der Waals surface area contributed by atoms with E-state index in [0.29, 0.717) is 11.5 Å². The summed E-state index contributed by atoms with van der Waals surface area (Å²) in [5.41, 5.74) is 0.598. The lowest BCUT2D eigenvalue weighted by Gasteiger charge is -2.26. The molecule has 7 nitrogen and oxygen atoms in total. The van der Waals surface area contributed by atoms with Gasteiger partial charge in [0.25, 0.3) is 5.91 Å². The Labute approximate surface area is 173 Å². The van der Waals surface area contributed by atoms with E-state index in [4.69, 9.17) is 0 Å². The van der Waals surface area contributed by atoms with Crippen molar-refractivity contribution in [3.05, 3.63) is 29.3 Å². The van der Waals surface area contributed by atoms with E-state index in [2.05, 4.69) is 17.0 Å². The lowest BCUT2D eigenvalue weighted by atomic mass is 9.88. The van der Waals surface area contributed by atoms with E-state index in [9.17, 15) is 31.2 Å². The van der Waals surface area contributed by atoms with Gasteiger partial charge in [-0.15, -0.1) is 0 Å². The summed E-state index contributed by atoms with van der Waals surface area (Å²) in [5.74, 6) is -1.99. The fraction of sp³-hybridized carbons (Fsp3) is 0.579. The number of benzene rings is 1. The van der Waals surface area contributed by atoms with Crippen LogP contribution in [0.5, 0.6) is 0 Å². The van der Waals surface area contributed by atoms with Gasteiger partial charge in [0.15, 0.2) is 0 Å². The van der Waals surface area contributed by atoms with Gasteiger partial charge < -0.3 is 10.6 Å². The van der Waals surface area contributed by atoms with Gasteiger partial charge in [-0.3, -0.25) is 9.59 Å². The predicted octanol–water partition coefficient (Wildman–Crippen LogP) is 2.72. The van der Waals surface area contributed by atoms with Crippen molar-refractivity contribution < 1.29 is 31.2 Å². The van der Waals surface area contributed by atoms with Crippen LogP contribution in [0.15, 0.2) is 18.2 Å². The van der Waals surface area contributed by atoms with Crippen LogP contribution in [0.3, 0.4) is 0 Å². The first-order valence-corrected chi connectivity index (χ1v) is 11.3. The van der Waals surface area contributed by atoms with E-state index in [-0.39, 0.29) is 17.3 Å². The largest absolute Gasteiger partial charge is 0.405 e. The number of alkyl halides is 3. The average Bonchev–Trinajstić information content (AvgIpc) is 2.62. The molecule has 1 saturated carbocycles. The first-order chi connectivity index (χ1) is 13.8. The van der Waals surface area contributed by atoms with Crippen molar-refractivity contribution in [2.45, 2.75) is 51.7 Å². The van der Waals surface area contributed by atoms with Crippen molar-refractivity contribution in [1.29, 1.82) is 0 Å². The summed E-state index contributed by atoms with van der Waals surface area (Å²) in [7, 11) is -3.85. The van der Waals surface area contributed by atoms with E-state index >= 15 is 0 Å². The summed E-state index contributed by atoms with van der Waals surface area (Å²) in [5, 5.41) is 4.16. The monoisotopic (exact) mass is 449 g/mol. The van der Waals surface area contributed by atoms with Crippen LogP contribution in [0.1, 0.15) is 48.5 Å². The fourth-order valence-electron chi connectivity index (χ4n) is 3.21. The van der Waals surface area contributed by atoms with Gasteiger partial charge in [0, 0.05) is 17.3 Å². The number of hydrogen-bond donors (Lipinski definition) is 3. The van der Waals surface area contributed by atoms with Gasteiger partial charge >= 0.3 is 6.18 Å². The highest BCUT2D eigenvalue weighted by Gasteiger charge is 2.28. The highest BCUT2D eigenvalue weighted by molar-refractivity contribution is 7.90. The number of carbonyl (C=O) groups is 2. The lowest BCUT2D eigenvalue weighted by molar-refractivity contribution is -0.123. The van der Waals surface area contributed by atoms with Crippen LogP contribution in [0.25, 0.3) is 0 Å². The molecule has 168 valence electrons. The number of aryl methyl sites for hydroxylation is 1. The second-order valence-electron chi connectivity index (χ2n) is 7.71. The minimum absolute atomic E-state index is 0.0857. The number of rotatable bonds is 7. The molecule has 0 aromatic heterocycles. The van der Waals surface area contributed by atoms with Gasteiger partial charge in [-0.25, -0.2) is 13.1 Å². The maximum atomic E-state index is 12.3. The molecule has 1 aliphatic carbocycles. The zero-order chi connectivity index (χ0) is 22.5. The predicted molar refractivity (Wildman–Crippen MR) is 107 cm³/mol. The Morgan fingerprint density at radius 3 is 2.37 bits per heavy atom. The summed E-state index contributed by atoms with van der Waals surface area (Å²) in [6.45, 7) is 2.24. The number of halogens is 3. The van der Waals surface area contributed by atoms with Gasteiger partial charge in [0.1, 0.15) is 12.3 Å². The molecule has 1 aliphatic rings. The van der Waals surface area contributed by atoms with Gasteiger partial charge in [0.05, 0.1) is 0 Å². The Morgan fingerprint density at radius 1 is 1.13 bits per heavy atom. The second kappa shape index (κ2) is 9.78. The van der Waals surface area contributed by atoms with E-state index in [0.717, 1.165) is 25.7 Å². The standard InChI is InChI=1S/C19H26F3N3O4S/c1-12-3-7-15(8-4-12)25-30(28,29)10-17(26)24-16-9-14(6-5-13(16)2)18(27)23-11-19(20,21)22/h5-6,9,12,15,25H,3-4,7-8,10-11H2,1-2H3,(H,23,27)(H,24,26). The van der Waals surface area contributed by atoms with Crippen molar-refractivity contribution in [1.82, 2.24) is 10.0 Å². The van der Waals surface area contributed by atoms with Crippen LogP contribution in [0.2, 0.25) is 0 Å². The van der Waals surface area contributed by atoms with Crippen molar-refractivity contribution in [3.8, 4) is 0 Å². The number of sulfonamides is 1. The molecule has 2 rings (SSSR count). The SMILES string of the molecule is Cc1ccc(C(=O)NCC(F)(F)F)cc1NC(=O)CS(=O)(=O)NC1CCC(C)CC1. The molecule has 2 amide bonds. The van der Waals surface area contributed by atoms with E-state index in [1.54, 1.807) is 12.2 Å². The topological polar surface area (TPSA) is 104 Å². The molecule has 0 radical (unpaired) electrons. The molecule has 0 saturated heterocycles. The van der Waals surface area contributed by atoms with Crippen LogP contribution >= 0.6 is 0 Å². The molecule has 1 aromatic carbocycles. The molecule has 1 fully saturated rings. The number of amides is 2. The molecule has 0 spiro atoms. The summed E-state index contributed by atoms with van der Waals surface area (Å²) < 4.78 is 63.9. The Bertz CT molecular complexity index is 880. The van der Waals surface area contributed by atoms with Gasteiger partial charge in [-0.2, -0.15) is 13.2 Å². The second-order valence-corrected chi connectivity index (χ2v) is 9.46. The molecular weight excluding hydrogens is 423 g/mol. The average molecular weight is 449 g/mol. The first kappa shape index (κ1) is 24.1. The number of nitrogens with one attached hydrogen (secondary N) is 3. The third-order valence-corrected chi connectivity index (χ3v) is 6.24. The summed E-state index contributed by atoms with van der Waals surface area (Å²) in [6, 6.07) is 3.79.